The van der Waals surface area contributed by atoms with Gasteiger partial charge in [0.15, 0.2) is 6.10 Å². The molecule has 1 rings (SSSR count). The fraction of sp³-hybridized carbons (Fsp3) is 0.500. The highest BCUT2D eigenvalue weighted by Crippen LogP contribution is 2.14. The van der Waals surface area contributed by atoms with E-state index >= 15 is 0 Å². The Morgan fingerprint density at radius 1 is 1.56 bits per heavy atom. The molecule has 1 N–H and O–H groups in total. The molecule has 0 fully saturated rings. The molecular formula is C12H17N3O. The second kappa shape index (κ2) is 5.96. The molecule has 1 aromatic heterocycles. The van der Waals surface area contributed by atoms with Crippen LogP contribution in [0.1, 0.15) is 26.1 Å². The van der Waals surface area contributed by atoms with E-state index in [4.69, 9.17) is 11.2 Å². The average molecular weight is 219 g/mol. The Morgan fingerprint density at radius 3 is 2.94 bits per heavy atom. The zero-order valence-corrected chi connectivity index (χ0v) is 9.95. The van der Waals surface area contributed by atoms with Gasteiger partial charge >= 0.3 is 0 Å². The van der Waals surface area contributed by atoms with Crippen LogP contribution in [-0.4, -0.2) is 22.6 Å². The molecule has 4 nitrogen and oxygen atoms in total. The van der Waals surface area contributed by atoms with E-state index in [1.807, 2.05) is 6.92 Å². The first-order chi connectivity index (χ1) is 7.65. The van der Waals surface area contributed by atoms with Gasteiger partial charge in [0, 0.05) is 12.6 Å². The summed E-state index contributed by atoms with van der Waals surface area (Å²) in [6.45, 7) is 6.60. The Kier molecular flexibility index (Phi) is 4.59. The molecule has 0 spiro atoms. The van der Waals surface area contributed by atoms with Gasteiger partial charge in [-0.15, -0.1) is 6.42 Å². The fourth-order valence-electron chi connectivity index (χ4n) is 1.16. The lowest BCUT2D eigenvalue weighted by atomic mass is 10.4. The summed E-state index contributed by atoms with van der Waals surface area (Å²) in [6.07, 6.45) is 6.00. The third-order valence-electron chi connectivity index (χ3n) is 1.90. The minimum Gasteiger partial charge on any atom is -0.461 e. The SMILES string of the molecule is C#CC(C)Oc1cc(NCCC)nc(C)n1. The molecule has 4 heteroatoms. The number of hydrogen-bond donors (Lipinski definition) is 1. The van der Waals surface area contributed by atoms with Crippen molar-refractivity contribution in [3.63, 3.8) is 0 Å². The Labute approximate surface area is 96.5 Å². The van der Waals surface area contributed by atoms with Gasteiger partial charge in [0.05, 0.1) is 0 Å². The Morgan fingerprint density at radius 2 is 2.31 bits per heavy atom. The lowest BCUT2D eigenvalue weighted by molar-refractivity contribution is 0.267. The van der Waals surface area contributed by atoms with Gasteiger partial charge < -0.3 is 10.1 Å². The monoisotopic (exact) mass is 219 g/mol. The standard InChI is InChI=1S/C12H17N3O/c1-5-7-13-11-8-12(15-10(4)14-11)16-9(3)6-2/h2,8-9H,5,7H2,1,3-4H3,(H,13,14,15). The molecule has 0 amide bonds. The largest absolute Gasteiger partial charge is 0.461 e. The summed E-state index contributed by atoms with van der Waals surface area (Å²) in [5, 5.41) is 3.18. The van der Waals surface area contributed by atoms with Crippen molar-refractivity contribution in [2.24, 2.45) is 0 Å². The molecule has 1 atom stereocenters. The molecule has 16 heavy (non-hydrogen) atoms. The Bertz CT molecular complexity index is 384. The molecule has 0 bridgehead atoms. The fourth-order valence-corrected chi connectivity index (χ4v) is 1.16. The summed E-state index contributed by atoms with van der Waals surface area (Å²) >= 11 is 0. The van der Waals surface area contributed by atoms with Gasteiger partial charge in [0.25, 0.3) is 0 Å². The lowest BCUT2D eigenvalue weighted by Gasteiger charge is -2.10. The minimum atomic E-state index is -0.284. The highest BCUT2D eigenvalue weighted by Gasteiger charge is 2.05. The van der Waals surface area contributed by atoms with Gasteiger partial charge in [-0.25, -0.2) is 4.98 Å². The van der Waals surface area contributed by atoms with E-state index < -0.39 is 0 Å². The van der Waals surface area contributed by atoms with Crippen molar-refractivity contribution >= 4 is 5.82 Å². The lowest BCUT2D eigenvalue weighted by Crippen LogP contribution is -2.11. The predicted octanol–water partition coefficient (Wildman–Crippen LogP) is 2.01. The molecule has 0 aromatic carbocycles. The molecule has 0 aliphatic rings. The minimum absolute atomic E-state index is 0.284. The van der Waals surface area contributed by atoms with Crippen LogP contribution in [0.25, 0.3) is 0 Å². The van der Waals surface area contributed by atoms with Gasteiger partial charge in [-0.2, -0.15) is 4.98 Å². The van der Waals surface area contributed by atoms with E-state index in [-0.39, 0.29) is 6.10 Å². The Balaban J connectivity index is 2.77. The molecule has 0 saturated heterocycles. The van der Waals surface area contributed by atoms with Crippen molar-refractivity contribution in [1.29, 1.82) is 0 Å². The van der Waals surface area contributed by atoms with Crippen molar-refractivity contribution in [1.82, 2.24) is 9.97 Å². The van der Waals surface area contributed by atoms with Crippen LogP contribution in [0, 0.1) is 19.3 Å². The number of terminal acetylenes is 1. The highest BCUT2D eigenvalue weighted by atomic mass is 16.5. The van der Waals surface area contributed by atoms with Crippen molar-refractivity contribution in [2.45, 2.75) is 33.3 Å². The number of anilines is 1. The normalized spacial score (nSPS) is 11.6. The van der Waals surface area contributed by atoms with E-state index in [0.717, 1.165) is 18.8 Å². The number of aromatic nitrogens is 2. The summed E-state index contributed by atoms with van der Waals surface area (Å²) in [7, 11) is 0. The predicted molar refractivity (Wildman–Crippen MR) is 64.5 cm³/mol. The summed E-state index contributed by atoms with van der Waals surface area (Å²) in [6, 6.07) is 1.76. The number of hydrogen-bond acceptors (Lipinski definition) is 4. The van der Waals surface area contributed by atoms with Crippen LogP contribution >= 0.6 is 0 Å². The highest BCUT2D eigenvalue weighted by molar-refractivity contribution is 5.38. The first-order valence-corrected chi connectivity index (χ1v) is 5.38. The van der Waals surface area contributed by atoms with Crippen LogP contribution < -0.4 is 10.1 Å². The van der Waals surface area contributed by atoms with Crippen LogP contribution in [0.5, 0.6) is 5.88 Å². The first kappa shape index (κ1) is 12.3. The number of rotatable bonds is 5. The third-order valence-corrected chi connectivity index (χ3v) is 1.90. The number of nitrogens with one attached hydrogen (secondary N) is 1. The summed E-state index contributed by atoms with van der Waals surface area (Å²) in [5.41, 5.74) is 0. The zero-order chi connectivity index (χ0) is 12.0. The smallest absolute Gasteiger partial charge is 0.219 e. The molecule has 86 valence electrons. The Hall–Kier alpha value is -1.76. The van der Waals surface area contributed by atoms with E-state index in [0.29, 0.717) is 11.7 Å². The van der Waals surface area contributed by atoms with E-state index in [1.54, 1.807) is 13.0 Å². The van der Waals surface area contributed by atoms with Crippen molar-refractivity contribution < 1.29 is 4.74 Å². The topological polar surface area (TPSA) is 47.0 Å². The van der Waals surface area contributed by atoms with Gasteiger partial charge in [-0.3, -0.25) is 0 Å². The van der Waals surface area contributed by atoms with Gasteiger partial charge in [-0.1, -0.05) is 12.8 Å². The molecule has 0 radical (unpaired) electrons. The zero-order valence-electron chi connectivity index (χ0n) is 9.95. The number of nitrogens with zero attached hydrogens (tertiary/aromatic N) is 2. The van der Waals surface area contributed by atoms with E-state index in [2.05, 4.69) is 28.1 Å². The second-order valence-corrected chi connectivity index (χ2v) is 3.49. The maximum atomic E-state index is 5.44. The molecule has 1 heterocycles. The van der Waals surface area contributed by atoms with Crippen LogP contribution in [0.15, 0.2) is 6.07 Å². The number of ether oxygens (including phenoxy) is 1. The molecule has 1 unspecified atom stereocenters. The summed E-state index contributed by atoms with van der Waals surface area (Å²) in [5.74, 6) is 4.44. The van der Waals surface area contributed by atoms with Gasteiger partial charge in [0.1, 0.15) is 11.6 Å². The summed E-state index contributed by atoms with van der Waals surface area (Å²) < 4.78 is 5.44. The second-order valence-electron chi connectivity index (χ2n) is 3.49. The quantitative estimate of drug-likeness (QED) is 0.769. The molecule has 0 aliphatic heterocycles. The maximum absolute atomic E-state index is 5.44. The molecular weight excluding hydrogens is 202 g/mol. The maximum Gasteiger partial charge on any atom is 0.219 e. The molecule has 1 aromatic rings. The van der Waals surface area contributed by atoms with E-state index in [9.17, 15) is 0 Å². The van der Waals surface area contributed by atoms with Crippen LogP contribution in [0.4, 0.5) is 5.82 Å². The average Bonchev–Trinajstić information content (AvgIpc) is 2.25. The van der Waals surface area contributed by atoms with Crippen LogP contribution in [0.2, 0.25) is 0 Å². The van der Waals surface area contributed by atoms with Gasteiger partial charge in [-0.05, 0) is 20.3 Å². The summed E-state index contributed by atoms with van der Waals surface area (Å²) in [4.78, 5) is 8.41. The first-order valence-electron chi connectivity index (χ1n) is 5.38. The number of aryl methyl sites for hydroxylation is 1. The van der Waals surface area contributed by atoms with Crippen LogP contribution in [0.3, 0.4) is 0 Å². The van der Waals surface area contributed by atoms with Crippen molar-refractivity contribution in [3.8, 4) is 18.2 Å². The molecule has 0 aliphatic carbocycles. The third kappa shape index (κ3) is 3.77. The van der Waals surface area contributed by atoms with Crippen molar-refractivity contribution in [3.05, 3.63) is 11.9 Å². The van der Waals surface area contributed by atoms with E-state index in [1.165, 1.54) is 0 Å². The van der Waals surface area contributed by atoms with Crippen LogP contribution in [-0.2, 0) is 0 Å². The van der Waals surface area contributed by atoms with Gasteiger partial charge in [0.2, 0.25) is 5.88 Å². The molecule has 0 saturated carbocycles. The van der Waals surface area contributed by atoms with Crippen molar-refractivity contribution in [2.75, 3.05) is 11.9 Å².